The summed E-state index contributed by atoms with van der Waals surface area (Å²) >= 11 is 0. The van der Waals surface area contributed by atoms with Gasteiger partial charge in [-0.15, -0.1) is 0 Å². The highest BCUT2D eigenvalue weighted by Crippen LogP contribution is 2.15. The van der Waals surface area contributed by atoms with Crippen molar-refractivity contribution in [1.29, 1.82) is 0 Å². The molecule has 0 N–H and O–H groups in total. The van der Waals surface area contributed by atoms with Crippen molar-refractivity contribution in [2.75, 3.05) is 6.61 Å². The summed E-state index contributed by atoms with van der Waals surface area (Å²) in [6, 6.07) is -0.350. The number of ether oxygens (including phenoxy) is 1. The van der Waals surface area contributed by atoms with Gasteiger partial charge in [0.15, 0.2) is 0 Å². The topological polar surface area (TPSA) is 44.1 Å². The van der Waals surface area contributed by atoms with Crippen LogP contribution in [0.5, 0.6) is 0 Å². The largest absolute Gasteiger partial charge is 0.464 e. The highest BCUT2D eigenvalue weighted by atomic mass is 16.5. The van der Waals surface area contributed by atoms with Crippen molar-refractivity contribution in [3.63, 3.8) is 0 Å². The molecule has 0 amide bonds. The van der Waals surface area contributed by atoms with E-state index in [0.717, 1.165) is 5.56 Å². The minimum absolute atomic E-state index is 0.240. The van der Waals surface area contributed by atoms with Crippen LogP contribution in [0.4, 0.5) is 0 Å². The normalized spacial score (nSPS) is 12.9. The van der Waals surface area contributed by atoms with E-state index in [2.05, 4.69) is 18.9 Å². The molecule has 1 atom stereocenters. The predicted octanol–water partition coefficient (Wildman–Crippen LogP) is 2.13. The quantitative estimate of drug-likeness (QED) is 0.715. The third-order valence-electron chi connectivity index (χ3n) is 2.31. The van der Waals surface area contributed by atoms with Crippen molar-refractivity contribution in [3.8, 4) is 0 Å². The molecule has 1 aromatic heterocycles. The number of carbonyl (C=O) groups is 1. The van der Waals surface area contributed by atoms with Crippen LogP contribution in [0.3, 0.4) is 0 Å². The van der Waals surface area contributed by atoms with Gasteiger partial charge in [0.05, 0.1) is 12.8 Å². The molecule has 0 aliphatic rings. The minimum Gasteiger partial charge on any atom is -0.464 e. The lowest BCUT2D eigenvalue weighted by atomic mass is 10.1. The summed E-state index contributed by atoms with van der Waals surface area (Å²) in [4.78, 5) is 11.4. The second-order valence-electron chi connectivity index (χ2n) is 3.84. The Balaban J connectivity index is 2.73. The molecule has 0 saturated heterocycles. The summed E-state index contributed by atoms with van der Waals surface area (Å²) in [5.41, 5.74) is 1.13. The van der Waals surface area contributed by atoms with Crippen LogP contribution in [-0.4, -0.2) is 22.4 Å². The summed E-state index contributed by atoms with van der Waals surface area (Å²) in [6.45, 7) is 8.18. The zero-order valence-corrected chi connectivity index (χ0v) is 9.73. The molecule has 84 valence electrons. The van der Waals surface area contributed by atoms with Gasteiger partial charge in [-0.25, -0.2) is 4.79 Å². The Morgan fingerprint density at radius 1 is 1.53 bits per heavy atom. The maximum Gasteiger partial charge on any atom is 0.330 e. The van der Waals surface area contributed by atoms with Crippen LogP contribution >= 0.6 is 0 Å². The lowest BCUT2D eigenvalue weighted by Crippen LogP contribution is -2.19. The molecule has 0 bridgehead atoms. The molecule has 1 aromatic rings. The van der Waals surface area contributed by atoms with Gasteiger partial charge in [-0.2, -0.15) is 5.10 Å². The van der Waals surface area contributed by atoms with Crippen molar-refractivity contribution >= 4 is 5.97 Å². The maximum atomic E-state index is 11.4. The fraction of sp³-hybridized carbons (Fsp3) is 0.636. The number of carbonyl (C=O) groups excluding carboxylic acids is 1. The van der Waals surface area contributed by atoms with Gasteiger partial charge in [0.1, 0.15) is 6.04 Å². The molecule has 4 nitrogen and oxygen atoms in total. The van der Waals surface area contributed by atoms with E-state index in [0.29, 0.717) is 12.5 Å². The molecule has 0 aliphatic heterocycles. The molecule has 1 rings (SSSR count). The number of nitrogens with zero attached hydrogens (tertiary/aromatic N) is 2. The van der Waals surface area contributed by atoms with E-state index in [4.69, 9.17) is 4.74 Å². The Hall–Kier alpha value is -1.32. The Labute approximate surface area is 90.2 Å². The highest BCUT2D eigenvalue weighted by molar-refractivity contribution is 5.73. The third-order valence-corrected chi connectivity index (χ3v) is 2.31. The number of esters is 1. The van der Waals surface area contributed by atoms with E-state index >= 15 is 0 Å². The average molecular weight is 210 g/mol. The molecule has 0 fully saturated rings. The summed E-state index contributed by atoms with van der Waals surface area (Å²) in [6.07, 6.45) is 3.69. The van der Waals surface area contributed by atoms with Crippen molar-refractivity contribution in [3.05, 3.63) is 18.0 Å². The molecule has 4 heteroatoms. The lowest BCUT2D eigenvalue weighted by Gasteiger charge is -2.10. The van der Waals surface area contributed by atoms with Crippen LogP contribution in [0.2, 0.25) is 0 Å². The molecule has 0 aliphatic carbocycles. The predicted molar refractivity (Wildman–Crippen MR) is 57.7 cm³/mol. The molecule has 0 aromatic carbocycles. The van der Waals surface area contributed by atoms with E-state index in [1.165, 1.54) is 0 Å². The van der Waals surface area contributed by atoms with Crippen LogP contribution in [0.1, 0.15) is 45.2 Å². The Morgan fingerprint density at radius 2 is 2.20 bits per heavy atom. The number of aromatic nitrogens is 2. The second kappa shape index (κ2) is 4.96. The number of rotatable bonds is 4. The molecule has 0 radical (unpaired) electrons. The first-order chi connectivity index (χ1) is 7.06. The summed E-state index contributed by atoms with van der Waals surface area (Å²) in [5.74, 6) is 0.184. The second-order valence-corrected chi connectivity index (χ2v) is 3.84. The fourth-order valence-electron chi connectivity index (χ4n) is 1.23. The first kappa shape index (κ1) is 11.8. The van der Waals surface area contributed by atoms with Crippen LogP contribution in [0.15, 0.2) is 12.4 Å². The van der Waals surface area contributed by atoms with Crippen LogP contribution in [-0.2, 0) is 9.53 Å². The van der Waals surface area contributed by atoms with Gasteiger partial charge in [-0.05, 0) is 25.3 Å². The Kier molecular flexibility index (Phi) is 3.88. The monoisotopic (exact) mass is 210 g/mol. The zero-order chi connectivity index (χ0) is 11.4. The van der Waals surface area contributed by atoms with Crippen molar-refractivity contribution < 1.29 is 9.53 Å². The van der Waals surface area contributed by atoms with Gasteiger partial charge in [-0.1, -0.05) is 13.8 Å². The van der Waals surface area contributed by atoms with Gasteiger partial charge in [0, 0.05) is 6.20 Å². The van der Waals surface area contributed by atoms with Crippen molar-refractivity contribution in [2.24, 2.45) is 0 Å². The van der Waals surface area contributed by atoms with E-state index in [1.807, 2.05) is 6.20 Å². The fourth-order valence-corrected chi connectivity index (χ4v) is 1.23. The standard InChI is InChI=1S/C11H18N2O2/c1-5-15-11(14)9(4)13-7-10(6-12-13)8(2)3/h6-9H,5H2,1-4H3. The third kappa shape index (κ3) is 2.81. The zero-order valence-electron chi connectivity index (χ0n) is 9.73. The van der Waals surface area contributed by atoms with Crippen LogP contribution < -0.4 is 0 Å². The molecule has 0 saturated carbocycles. The van der Waals surface area contributed by atoms with E-state index in [1.54, 1.807) is 24.7 Å². The summed E-state index contributed by atoms with van der Waals surface area (Å²) in [7, 11) is 0. The molecule has 0 spiro atoms. The Bertz CT molecular complexity index is 331. The van der Waals surface area contributed by atoms with Crippen LogP contribution in [0, 0.1) is 0 Å². The molecule has 1 heterocycles. The van der Waals surface area contributed by atoms with Gasteiger partial charge in [-0.3, -0.25) is 4.68 Å². The van der Waals surface area contributed by atoms with Crippen LogP contribution in [0.25, 0.3) is 0 Å². The van der Waals surface area contributed by atoms with E-state index in [-0.39, 0.29) is 12.0 Å². The van der Waals surface area contributed by atoms with Crippen molar-refractivity contribution in [1.82, 2.24) is 9.78 Å². The number of hydrogen-bond donors (Lipinski definition) is 0. The molecule has 1 unspecified atom stereocenters. The van der Waals surface area contributed by atoms with E-state index in [9.17, 15) is 4.79 Å². The van der Waals surface area contributed by atoms with Gasteiger partial charge in [0.25, 0.3) is 0 Å². The molecule has 15 heavy (non-hydrogen) atoms. The average Bonchev–Trinajstić information content (AvgIpc) is 2.65. The highest BCUT2D eigenvalue weighted by Gasteiger charge is 2.17. The first-order valence-corrected chi connectivity index (χ1v) is 5.27. The molecular weight excluding hydrogens is 192 g/mol. The van der Waals surface area contributed by atoms with Crippen molar-refractivity contribution in [2.45, 2.75) is 39.7 Å². The molecular formula is C11H18N2O2. The summed E-state index contributed by atoms with van der Waals surface area (Å²) < 4.78 is 6.57. The first-order valence-electron chi connectivity index (χ1n) is 5.27. The van der Waals surface area contributed by atoms with Gasteiger partial charge < -0.3 is 4.74 Å². The minimum atomic E-state index is -0.350. The van der Waals surface area contributed by atoms with E-state index < -0.39 is 0 Å². The van der Waals surface area contributed by atoms with Gasteiger partial charge >= 0.3 is 5.97 Å². The Morgan fingerprint density at radius 3 is 2.67 bits per heavy atom. The number of hydrogen-bond acceptors (Lipinski definition) is 3. The summed E-state index contributed by atoms with van der Waals surface area (Å²) in [5, 5.41) is 4.16. The maximum absolute atomic E-state index is 11.4. The smallest absolute Gasteiger partial charge is 0.330 e. The SMILES string of the molecule is CCOC(=O)C(C)n1cc(C(C)C)cn1. The lowest BCUT2D eigenvalue weighted by molar-refractivity contribution is -0.146. The van der Waals surface area contributed by atoms with Gasteiger partial charge in [0.2, 0.25) is 0 Å².